The molecule has 2 rings (SSSR count). The molecule has 0 aliphatic rings. The van der Waals surface area contributed by atoms with Crippen molar-refractivity contribution in [1.29, 1.82) is 0 Å². The smallest absolute Gasteiger partial charge is 0.108 e. The molecule has 13 heavy (non-hydrogen) atoms. The number of halogens is 1. The van der Waals surface area contributed by atoms with Crippen LogP contribution in [0, 0.1) is 6.92 Å². The molecule has 0 amide bonds. The first-order chi connectivity index (χ1) is 6.25. The van der Waals surface area contributed by atoms with E-state index >= 15 is 0 Å². The standard InChI is InChI=1S/C9H8BrN3/c1-7-5-12-13(6-7)8-2-3-11-9(10)4-8/h2-6H,1H3. The Morgan fingerprint density at radius 2 is 2.31 bits per heavy atom. The molecule has 0 bridgehead atoms. The number of pyridine rings is 1. The van der Waals surface area contributed by atoms with E-state index in [1.807, 2.05) is 36.1 Å². The molecule has 0 aliphatic carbocycles. The van der Waals surface area contributed by atoms with E-state index in [-0.39, 0.29) is 0 Å². The lowest BCUT2D eigenvalue weighted by Crippen LogP contribution is -1.94. The molecule has 0 fully saturated rings. The number of hydrogen-bond donors (Lipinski definition) is 0. The normalized spacial score (nSPS) is 10.3. The Morgan fingerprint density at radius 1 is 1.46 bits per heavy atom. The van der Waals surface area contributed by atoms with Gasteiger partial charge in [-0.15, -0.1) is 0 Å². The molecule has 2 aromatic heterocycles. The van der Waals surface area contributed by atoms with Crippen LogP contribution in [-0.4, -0.2) is 14.8 Å². The molecule has 0 saturated carbocycles. The van der Waals surface area contributed by atoms with Gasteiger partial charge in [0.05, 0.1) is 11.9 Å². The van der Waals surface area contributed by atoms with Gasteiger partial charge in [0, 0.05) is 12.4 Å². The van der Waals surface area contributed by atoms with Crippen LogP contribution in [0.3, 0.4) is 0 Å². The number of aromatic nitrogens is 3. The minimum Gasteiger partial charge on any atom is -0.249 e. The molecular formula is C9H8BrN3. The van der Waals surface area contributed by atoms with Crippen molar-refractivity contribution in [2.75, 3.05) is 0 Å². The third-order valence-corrected chi connectivity index (χ3v) is 2.12. The van der Waals surface area contributed by atoms with E-state index in [0.717, 1.165) is 15.9 Å². The zero-order chi connectivity index (χ0) is 9.26. The molecule has 2 aromatic rings. The molecule has 0 N–H and O–H groups in total. The molecule has 0 aliphatic heterocycles. The Bertz CT molecular complexity index is 422. The minimum absolute atomic E-state index is 0.818. The lowest BCUT2D eigenvalue weighted by molar-refractivity contribution is 0.876. The molecule has 0 aromatic carbocycles. The predicted octanol–water partition coefficient (Wildman–Crippen LogP) is 2.34. The average molecular weight is 238 g/mol. The van der Waals surface area contributed by atoms with Gasteiger partial charge in [-0.3, -0.25) is 0 Å². The highest BCUT2D eigenvalue weighted by molar-refractivity contribution is 9.10. The van der Waals surface area contributed by atoms with E-state index in [1.54, 1.807) is 6.20 Å². The third-order valence-electron chi connectivity index (χ3n) is 1.69. The average Bonchev–Trinajstić information content (AvgIpc) is 2.52. The van der Waals surface area contributed by atoms with Crippen LogP contribution in [0.5, 0.6) is 0 Å². The van der Waals surface area contributed by atoms with Crippen LogP contribution < -0.4 is 0 Å². The monoisotopic (exact) mass is 237 g/mol. The molecule has 0 saturated heterocycles. The fourth-order valence-corrected chi connectivity index (χ4v) is 1.44. The summed E-state index contributed by atoms with van der Waals surface area (Å²) >= 11 is 3.31. The van der Waals surface area contributed by atoms with E-state index in [1.165, 1.54) is 0 Å². The SMILES string of the molecule is Cc1cnn(-c2ccnc(Br)c2)c1. The predicted molar refractivity (Wildman–Crippen MR) is 53.8 cm³/mol. The van der Waals surface area contributed by atoms with Gasteiger partial charge in [-0.2, -0.15) is 5.10 Å². The lowest BCUT2D eigenvalue weighted by Gasteiger charge is -1.99. The summed E-state index contributed by atoms with van der Waals surface area (Å²) in [6.45, 7) is 2.01. The first-order valence-corrected chi connectivity index (χ1v) is 4.68. The summed E-state index contributed by atoms with van der Waals surface area (Å²) in [7, 11) is 0. The summed E-state index contributed by atoms with van der Waals surface area (Å²) in [6, 6.07) is 3.84. The van der Waals surface area contributed by atoms with E-state index in [0.29, 0.717) is 0 Å². The van der Waals surface area contributed by atoms with Gasteiger partial charge < -0.3 is 0 Å². The molecular weight excluding hydrogens is 230 g/mol. The second kappa shape index (κ2) is 3.30. The van der Waals surface area contributed by atoms with Crippen molar-refractivity contribution in [1.82, 2.24) is 14.8 Å². The molecule has 2 heterocycles. The molecule has 0 spiro atoms. The fourth-order valence-electron chi connectivity index (χ4n) is 1.09. The zero-order valence-corrected chi connectivity index (χ0v) is 8.69. The van der Waals surface area contributed by atoms with Crippen LogP contribution in [0.1, 0.15) is 5.56 Å². The van der Waals surface area contributed by atoms with Gasteiger partial charge in [0.15, 0.2) is 0 Å². The number of aryl methyl sites for hydroxylation is 1. The molecule has 0 unspecified atom stereocenters. The number of nitrogens with zero attached hydrogens (tertiary/aromatic N) is 3. The van der Waals surface area contributed by atoms with E-state index in [9.17, 15) is 0 Å². The van der Waals surface area contributed by atoms with E-state index in [2.05, 4.69) is 26.0 Å². The van der Waals surface area contributed by atoms with E-state index in [4.69, 9.17) is 0 Å². The Labute approximate surface area is 84.5 Å². The van der Waals surface area contributed by atoms with Crippen LogP contribution in [0.4, 0.5) is 0 Å². The van der Waals surface area contributed by atoms with Gasteiger partial charge >= 0.3 is 0 Å². The maximum Gasteiger partial charge on any atom is 0.108 e. The molecule has 66 valence electrons. The van der Waals surface area contributed by atoms with Gasteiger partial charge in [0.25, 0.3) is 0 Å². The van der Waals surface area contributed by atoms with Crippen LogP contribution in [0.2, 0.25) is 0 Å². The van der Waals surface area contributed by atoms with Crippen molar-refractivity contribution >= 4 is 15.9 Å². The van der Waals surface area contributed by atoms with Crippen LogP contribution in [0.15, 0.2) is 35.3 Å². The molecule has 0 atom stereocenters. The second-order valence-corrected chi connectivity index (χ2v) is 3.61. The van der Waals surface area contributed by atoms with Gasteiger partial charge in [0.2, 0.25) is 0 Å². The summed E-state index contributed by atoms with van der Waals surface area (Å²) in [5.74, 6) is 0. The van der Waals surface area contributed by atoms with Crippen LogP contribution in [-0.2, 0) is 0 Å². The van der Waals surface area contributed by atoms with Crippen molar-refractivity contribution in [2.24, 2.45) is 0 Å². The van der Waals surface area contributed by atoms with Crippen molar-refractivity contribution in [2.45, 2.75) is 6.92 Å². The zero-order valence-electron chi connectivity index (χ0n) is 7.11. The Kier molecular flexibility index (Phi) is 2.14. The maximum absolute atomic E-state index is 4.20. The quantitative estimate of drug-likeness (QED) is 0.714. The minimum atomic E-state index is 0.818. The summed E-state index contributed by atoms with van der Waals surface area (Å²) in [5, 5.41) is 4.20. The van der Waals surface area contributed by atoms with E-state index < -0.39 is 0 Å². The topological polar surface area (TPSA) is 30.7 Å². The van der Waals surface area contributed by atoms with Crippen LogP contribution >= 0.6 is 15.9 Å². The Balaban J connectivity index is 2.46. The summed E-state index contributed by atoms with van der Waals surface area (Å²) in [4.78, 5) is 4.05. The molecule has 4 heteroatoms. The lowest BCUT2D eigenvalue weighted by atomic mass is 10.4. The fraction of sp³-hybridized carbons (Fsp3) is 0.111. The third kappa shape index (κ3) is 1.78. The van der Waals surface area contributed by atoms with Gasteiger partial charge in [-0.25, -0.2) is 9.67 Å². The molecule has 3 nitrogen and oxygen atoms in total. The van der Waals surface area contributed by atoms with Gasteiger partial charge in [0.1, 0.15) is 4.60 Å². The van der Waals surface area contributed by atoms with Crippen LogP contribution in [0.25, 0.3) is 5.69 Å². The van der Waals surface area contributed by atoms with Crippen molar-refractivity contribution in [3.8, 4) is 5.69 Å². The van der Waals surface area contributed by atoms with Gasteiger partial charge in [-0.1, -0.05) is 0 Å². The number of rotatable bonds is 1. The Hall–Kier alpha value is -1.16. The van der Waals surface area contributed by atoms with Crippen molar-refractivity contribution in [3.05, 3.63) is 40.9 Å². The summed E-state index contributed by atoms with van der Waals surface area (Å²) < 4.78 is 2.64. The van der Waals surface area contributed by atoms with Crippen molar-refractivity contribution in [3.63, 3.8) is 0 Å². The molecule has 0 radical (unpaired) electrons. The first-order valence-electron chi connectivity index (χ1n) is 3.89. The highest BCUT2D eigenvalue weighted by Crippen LogP contribution is 2.12. The van der Waals surface area contributed by atoms with Crippen molar-refractivity contribution < 1.29 is 0 Å². The Morgan fingerprint density at radius 3 is 2.92 bits per heavy atom. The second-order valence-electron chi connectivity index (χ2n) is 2.80. The maximum atomic E-state index is 4.20. The number of hydrogen-bond acceptors (Lipinski definition) is 2. The highest BCUT2D eigenvalue weighted by atomic mass is 79.9. The summed E-state index contributed by atoms with van der Waals surface area (Å²) in [5.41, 5.74) is 2.16. The summed E-state index contributed by atoms with van der Waals surface area (Å²) in [6.07, 6.45) is 5.55. The highest BCUT2D eigenvalue weighted by Gasteiger charge is 1.98. The van der Waals surface area contributed by atoms with Gasteiger partial charge in [-0.05, 0) is 40.5 Å². The largest absolute Gasteiger partial charge is 0.249 e. The first kappa shape index (κ1) is 8.44.